The van der Waals surface area contributed by atoms with E-state index in [2.05, 4.69) is 4.72 Å². The Morgan fingerprint density at radius 3 is 2.20 bits per heavy atom. The van der Waals surface area contributed by atoms with Gasteiger partial charge in [0.1, 0.15) is 0 Å². The van der Waals surface area contributed by atoms with Gasteiger partial charge in [0.05, 0.1) is 11.4 Å². The van der Waals surface area contributed by atoms with Gasteiger partial charge in [0.15, 0.2) is 0 Å². The number of hydrogen-bond donors (Lipinski definition) is 2. The van der Waals surface area contributed by atoms with E-state index < -0.39 is 16.0 Å². The predicted molar refractivity (Wildman–Crippen MR) is 79.5 cm³/mol. The zero-order chi connectivity index (χ0) is 15.2. The molecule has 6 heteroatoms. The lowest BCUT2D eigenvalue weighted by molar-refractivity contribution is -0.137. The lowest BCUT2D eigenvalue weighted by Gasteiger charge is -2.15. The van der Waals surface area contributed by atoms with Gasteiger partial charge in [-0.25, -0.2) is 8.42 Å². The molecule has 1 aromatic rings. The Bertz CT molecular complexity index is 544. The minimum Gasteiger partial charge on any atom is -0.481 e. The third kappa shape index (κ3) is 4.85. The van der Waals surface area contributed by atoms with E-state index in [-0.39, 0.29) is 18.6 Å². The molecule has 20 heavy (non-hydrogen) atoms. The van der Waals surface area contributed by atoms with Crippen molar-refractivity contribution >= 4 is 21.7 Å². The minimum absolute atomic E-state index is 0.112. The topological polar surface area (TPSA) is 83.5 Å². The highest BCUT2D eigenvalue weighted by atomic mass is 32.2. The van der Waals surface area contributed by atoms with Gasteiger partial charge in [0, 0.05) is 6.42 Å². The zero-order valence-electron chi connectivity index (χ0n) is 11.8. The van der Waals surface area contributed by atoms with Gasteiger partial charge >= 0.3 is 5.97 Å². The molecule has 0 aliphatic heterocycles. The molecule has 0 amide bonds. The lowest BCUT2D eigenvalue weighted by atomic mass is 10.0. The number of hydrogen-bond acceptors (Lipinski definition) is 3. The second-order valence-corrected chi connectivity index (χ2v) is 6.42. The number of rotatable bonds is 8. The molecule has 0 aliphatic carbocycles. The number of benzene rings is 1. The molecule has 0 atom stereocenters. The first-order valence-electron chi connectivity index (χ1n) is 6.72. The Kier molecular flexibility index (Phi) is 6.01. The van der Waals surface area contributed by atoms with Crippen molar-refractivity contribution in [3.05, 3.63) is 29.3 Å². The van der Waals surface area contributed by atoms with E-state index in [0.717, 1.165) is 24.0 Å². The van der Waals surface area contributed by atoms with Crippen molar-refractivity contribution in [2.45, 2.75) is 39.5 Å². The number of aryl methyl sites for hydroxylation is 2. The fourth-order valence-corrected chi connectivity index (χ4v) is 3.19. The van der Waals surface area contributed by atoms with Crippen molar-refractivity contribution in [1.29, 1.82) is 0 Å². The molecular formula is C14H21NO4S. The largest absolute Gasteiger partial charge is 0.481 e. The molecule has 0 aromatic heterocycles. The van der Waals surface area contributed by atoms with Crippen LogP contribution in [0.4, 0.5) is 5.69 Å². The van der Waals surface area contributed by atoms with Gasteiger partial charge in [-0.3, -0.25) is 9.52 Å². The van der Waals surface area contributed by atoms with E-state index in [1.807, 2.05) is 32.0 Å². The SMILES string of the molecule is CCc1cccc(CC)c1NS(=O)(=O)CCCC(=O)O. The van der Waals surface area contributed by atoms with Gasteiger partial charge in [-0.15, -0.1) is 0 Å². The van der Waals surface area contributed by atoms with Crippen molar-refractivity contribution in [3.8, 4) is 0 Å². The van der Waals surface area contributed by atoms with Crippen LogP contribution in [0.25, 0.3) is 0 Å². The Morgan fingerprint density at radius 1 is 1.20 bits per heavy atom. The maximum atomic E-state index is 12.0. The van der Waals surface area contributed by atoms with Gasteiger partial charge in [-0.05, 0) is 30.4 Å². The van der Waals surface area contributed by atoms with Gasteiger partial charge in [-0.2, -0.15) is 0 Å². The summed E-state index contributed by atoms with van der Waals surface area (Å²) >= 11 is 0. The average molecular weight is 299 g/mol. The smallest absolute Gasteiger partial charge is 0.303 e. The summed E-state index contributed by atoms with van der Waals surface area (Å²) in [6, 6.07) is 5.71. The molecule has 0 aliphatic rings. The fourth-order valence-electron chi connectivity index (χ4n) is 1.99. The van der Waals surface area contributed by atoms with Gasteiger partial charge in [0.25, 0.3) is 0 Å². The second-order valence-electron chi connectivity index (χ2n) is 4.58. The summed E-state index contributed by atoms with van der Waals surface area (Å²) < 4.78 is 26.6. The van der Waals surface area contributed by atoms with Crippen LogP contribution in [0, 0.1) is 0 Å². The first kappa shape index (κ1) is 16.5. The molecule has 0 saturated carbocycles. The van der Waals surface area contributed by atoms with Crippen LogP contribution in [-0.2, 0) is 27.7 Å². The summed E-state index contributed by atoms with van der Waals surface area (Å²) in [7, 11) is -3.51. The summed E-state index contributed by atoms with van der Waals surface area (Å²) in [4.78, 5) is 10.4. The minimum atomic E-state index is -3.51. The fraction of sp³-hybridized carbons (Fsp3) is 0.500. The quantitative estimate of drug-likeness (QED) is 0.772. The number of carboxylic acid groups (broad SMARTS) is 1. The summed E-state index contributed by atoms with van der Waals surface area (Å²) in [5, 5.41) is 8.55. The molecule has 0 radical (unpaired) electrons. The van der Waals surface area contributed by atoms with E-state index in [4.69, 9.17) is 5.11 Å². The highest BCUT2D eigenvalue weighted by Crippen LogP contribution is 2.24. The highest BCUT2D eigenvalue weighted by Gasteiger charge is 2.15. The Balaban J connectivity index is 2.88. The zero-order valence-corrected chi connectivity index (χ0v) is 12.7. The third-order valence-electron chi connectivity index (χ3n) is 3.06. The van der Waals surface area contributed by atoms with Crippen LogP contribution in [0.1, 0.15) is 37.8 Å². The molecule has 0 spiro atoms. The molecule has 5 nitrogen and oxygen atoms in total. The van der Waals surface area contributed by atoms with Gasteiger partial charge < -0.3 is 5.11 Å². The van der Waals surface area contributed by atoms with Crippen LogP contribution in [0.3, 0.4) is 0 Å². The van der Waals surface area contributed by atoms with Crippen LogP contribution in [0.2, 0.25) is 0 Å². The number of carboxylic acids is 1. The third-order valence-corrected chi connectivity index (χ3v) is 4.40. The lowest BCUT2D eigenvalue weighted by Crippen LogP contribution is -2.19. The van der Waals surface area contributed by atoms with Crippen LogP contribution in [0.15, 0.2) is 18.2 Å². The standard InChI is InChI=1S/C14H21NO4S/c1-3-11-7-5-8-12(4-2)14(11)15-20(18,19)10-6-9-13(16)17/h5,7-8,15H,3-4,6,9-10H2,1-2H3,(H,16,17). The molecule has 1 aromatic carbocycles. The van der Waals surface area contributed by atoms with Crippen LogP contribution in [-0.4, -0.2) is 25.2 Å². The molecule has 1 rings (SSSR count). The maximum absolute atomic E-state index is 12.0. The van der Waals surface area contributed by atoms with Crippen molar-refractivity contribution < 1.29 is 18.3 Å². The summed E-state index contributed by atoms with van der Waals surface area (Å²) in [6.45, 7) is 3.94. The number of carbonyl (C=O) groups is 1. The summed E-state index contributed by atoms with van der Waals surface area (Å²) in [5.74, 6) is -1.16. The molecule has 0 bridgehead atoms. The molecule has 0 saturated heterocycles. The highest BCUT2D eigenvalue weighted by molar-refractivity contribution is 7.92. The number of sulfonamides is 1. The monoisotopic (exact) mass is 299 g/mol. The number of anilines is 1. The van der Waals surface area contributed by atoms with E-state index in [0.29, 0.717) is 5.69 Å². The van der Waals surface area contributed by atoms with Crippen LogP contribution < -0.4 is 4.72 Å². The molecule has 112 valence electrons. The Labute approximate surface area is 120 Å². The molecular weight excluding hydrogens is 278 g/mol. The van der Waals surface area contributed by atoms with Crippen molar-refractivity contribution in [1.82, 2.24) is 0 Å². The van der Waals surface area contributed by atoms with E-state index in [1.165, 1.54) is 0 Å². The van der Waals surface area contributed by atoms with E-state index >= 15 is 0 Å². The number of para-hydroxylation sites is 1. The van der Waals surface area contributed by atoms with E-state index in [1.54, 1.807) is 0 Å². The molecule has 0 fully saturated rings. The van der Waals surface area contributed by atoms with E-state index in [9.17, 15) is 13.2 Å². The van der Waals surface area contributed by atoms with Gasteiger partial charge in [-0.1, -0.05) is 32.0 Å². The summed E-state index contributed by atoms with van der Waals surface area (Å²) in [5.41, 5.74) is 2.55. The van der Waals surface area contributed by atoms with Crippen LogP contribution in [0.5, 0.6) is 0 Å². The van der Waals surface area contributed by atoms with Crippen molar-refractivity contribution in [2.75, 3.05) is 10.5 Å². The first-order valence-corrected chi connectivity index (χ1v) is 8.38. The first-order chi connectivity index (χ1) is 9.39. The second kappa shape index (κ2) is 7.28. The molecule has 0 unspecified atom stereocenters. The normalized spacial score (nSPS) is 11.3. The van der Waals surface area contributed by atoms with Crippen LogP contribution >= 0.6 is 0 Å². The Morgan fingerprint density at radius 2 is 1.75 bits per heavy atom. The van der Waals surface area contributed by atoms with Crippen molar-refractivity contribution in [3.63, 3.8) is 0 Å². The predicted octanol–water partition coefficient (Wildman–Crippen LogP) is 2.42. The molecule has 0 heterocycles. The number of aliphatic carboxylic acids is 1. The maximum Gasteiger partial charge on any atom is 0.303 e. The van der Waals surface area contributed by atoms with Crippen molar-refractivity contribution in [2.24, 2.45) is 0 Å². The molecule has 2 N–H and O–H groups in total. The Hall–Kier alpha value is -1.56. The number of nitrogens with one attached hydrogen (secondary N) is 1. The summed E-state index contributed by atoms with van der Waals surface area (Å²) in [6.07, 6.45) is 1.44. The van der Waals surface area contributed by atoms with Gasteiger partial charge in [0.2, 0.25) is 10.0 Å². The average Bonchev–Trinajstić information content (AvgIpc) is 2.37.